The van der Waals surface area contributed by atoms with E-state index < -0.39 is 10.1 Å². The van der Waals surface area contributed by atoms with Crippen molar-refractivity contribution < 1.29 is 17.3 Å². The molecule has 0 heterocycles. The van der Waals surface area contributed by atoms with Gasteiger partial charge in [-0.25, -0.2) is 0 Å². The highest BCUT2D eigenvalue weighted by molar-refractivity contribution is 7.85. The second kappa shape index (κ2) is 18.7. The summed E-state index contributed by atoms with van der Waals surface area (Å²) in [6.45, 7) is 3.45. The lowest BCUT2D eigenvalue weighted by Gasteiger charge is -2.05. The molecule has 25 heavy (non-hydrogen) atoms. The van der Waals surface area contributed by atoms with Gasteiger partial charge in [0, 0.05) is 6.61 Å². The molecule has 0 saturated carbocycles. The van der Waals surface area contributed by atoms with Gasteiger partial charge in [0.25, 0.3) is 10.1 Å². The van der Waals surface area contributed by atoms with Crippen molar-refractivity contribution in [3.05, 3.63) is 0 Å². The summed E-state index contributed by atoms with van der Waals surface area (Å²) in [6, 6.07) is 0. The third-order valence-electron chi connectivity index (χ3n) is 4.42. The van der Waals surface area contributed by atoms with E-state index in [1.165, 1.54) is 89.9 Å². The van der Waals surface area contributed by atoms with Crippen molar-refractivity contribution in [3.8, 4) is 0 Å². The van der Waals surface area contributed by atoms with Crippen LogP contribution in [0, 0.1) is 0 Å². The smallest absolute Gasteiger partial charge is 0.264 e. The summed E-state index contributed by atoms with van der Waals surface area (Å²) in [4.78, 5) is 0. The summed E-state index contributed by atoms with van der Waals surface area (Å²) in [5, 5.41) is 0. The molecular formula is C20H42O4S. The highest BCUT2D eigenvalue weighted by Crippen LogP contribution is 2.13. The van der Waals surface area contributed by atoms with Crippen molar-refractivity contribution in [1.29, 1.82) is 0 Å². The predicted octanol–water partition coefficient (Wildman–Crippen LogP) is 5.85. The first-order valence-electron chi connectivity index (χ1n) is 10.5. The maximum Gasteiger partial charge on any atom is 0.264 e. The average Bonchev–Trinajstić information content (AvgIpc) is 2.56. The third kappa shape index (κ3) is 23.9. The highest BCUT2D eigenvalue weighted by Gasteiger charge is 2.00. The molecule has 0 radical (unpaired) electrons. The molecule has 0 spiro atoms. The van der Waals surface area contributed by atoms with E-state index in [4.69, 9.17) is 4.74 Å². The van der Waals surface area contributed by atoms with Gasteiger partial charge < -0.3 is 4.74 Å². The van der Waals surface area contributed by atoms with Crippen LogP contribution in [0.1, 0.15) is 103 Å². The Kier molecular flexibility index (Phi) is 18.6. The van der Waals surface area contributed by atoms with Crippen molar-refractivity contribution in [2.45, 2.75) is 103 Å². The second-order valence-corrected chi connectivity index (χ2v) is 8.73. The van der Waals surface area contributed by atoms with Gasteiger partial charge in [0.05, 0.1) is 19.5 Å². The zero-order valence-electron chi connectivity index (χ0n) is 16.8. The molecule has 0 bridgehead atoms. The Bertz CT molecular complexity index is 355. The van der Waals surface area contributed by atoms with Crippen LogP contribution in [-0.4, -0.2) is 34.5 Å². The normalized spacial score (nSPS) is 11.9. The summed E-state index contributed by atoms with van der Waals surface area (Å²) in [7, 11) is -3.33. The van der Waals surface area contributed by atoms with Crippen molar-refractivity contribution in [1.82, 2.24) is 0 Å². The van der Waals surface area contributed by atoms with Gasteiger partial charge in [0.15, 0.2) is 0 Å². The Balaban J connectivity index is 3.03. The maximum atomic E-state index is 10.7. The van der Waals surface area contributed by atoms with E-state index in [2.05, 4.69) is 11.1 Å². The zero-order valence-corrected chi connectivity index (χ0v) is 17.6. The van der Waals surface area contributed by atoms with Crippen LogP contribution in [0.4, 0.5) is 0 Å². The molecule has 152 valence electrons. The lowest BCUT2D eigenvalue weighted by molar-refractivity contribution is 0.0993. The second-order valence-electron chi connectivity index (χ2n) is 7.09. The van der Waals surface area contributed by atoms with E-state index in [0.29, 0.717) is 13.2 Å². The first kappa shape index (κ1) is 24.9. The van der Waals surface area contributed by atoms with E-state index in [9.17, 15) is 8.42 Å². The molecule has 0 amide bonds. The molecule has 0 fully saturated rings. The van der Waals surface area contributed by atoms with Gasteiger partial charge in [-0.05, 0) is 6.42 Å². The van der Waals surface area contributed by atoms with E-state index in [0.717, 1.165) is 12.7 Å². The first-order valence-corrected chi connectivity index (χ1v) is 12.3. The minimum Gasteiger partial charge on any atom is -0.379 e. The maximum absolute atomic E-state index is 10.7. The van der Waals surface area contributed by atoms with Crippen LogP contribution in [0.5, 0.6) is 0 Å². The summed E-state index contributed by atoms with van der Waals surface area (Å²) in [5.41, 5.74) is 0. The van der Waals surface area contributed by atoms with E-state index in [1.54, 1.807) is 0 Å². The van der Waals surface area contributed by atoms with Crippen LogP contribution >= 0.6 is 0 Å². The van der Waals surface area contributed by atoms with Crippen molar-refractivity contribution in [2.75, 3.05) is 26.1 Å². The van der Waals surface area contributed by atoms with E-state index in [1.807, 2.05) is 0 Å². The molecule has 0 aliphatic rings. The molecule has 0 rings (SSSR count). The molecule has 0 aliphatic heterocycles. The molecule has 0 aromatic heterocycles. The van der Waals surface area contributed by atoms with Crippen LogP contribution in [0.15, 0.2) is 0 Å². The average molecular weight is 379 g/mol. The molecule has 0 aromatic carbocycles. The van der Waals surface area contributed by atoms with Crippen LogP contribution in [0.3, 0.4) is 0 Å². The zero-order chi connectivity index (χ0) is 18.6. The Morgan fingerprint density at radius 1 is 0.560 bits per heavy atom. The van der Waals surface area contributed by atoms with Crippen molar-refractivity contribution in [2.24, 2.45) is 0 Å². The first-order chi connectivity index (χ1) is 12.1. The number of hydrogen-bond acceptors (Lipinski definition) is 4. The fraction of sp³-hybridized carbons (Fsp3) is 1.00. The molecular weight excluding hydrogens is 336 g/mol. The van der Waals surface area contributed by atoms with Gasteiger partial charge in [0.2, 0.25) is 0 Å². The Labute approximate surface area is 157 Å². The van der Waals surface area contributed by atoms with Crippen LogP contribution < -0.4 is 0 Å². The highest BCUT2D eigenvalue weighted by atomic mass is 32.2. The minimum atomic E-state index is -3.33. The van der Waals surface area contributed by atoms with Gasteiger partial charge in [-0.3, -0.25) is 4.18 Å². The van der Waals surface area contributed by atoms with Crippen LogP contribution in [0.25, 0.3) is 0 Å². The van der Waals surface area contributed by atoms with E-state index in [-0.39, 0.29) is 6.61 Å². The Morgan fingerprint density at radius 3 is 1.36 bits per heavy atom. The molecule has 0 unspecified atom stereocenters. The molecule has 0 aliphatic carbocycles. The summed E-state index contributed by atoms with van der Waals surface area (Å²) >= 11 is 0. The predicted molar refractivity (Wildman–Crippen MR) is 107 cm³/mol. The summed E-state index contributed by atoms with van der Waals surface area (Å²) < 4.78 is 31.4. The Hall–Kier alpha value is -0.130. The largest absolute Gasteiger partial charge is 0.379 e. The fourth-order valence-electron chi connectivity index (χ4n) is 2.92. The molecule has 4 nitrogen and oxygen atoms in total. The van der Waals surface area contributed by atoms with Crippen molar-refractivity contribution >= 4 is 10.1 Å². The van der Waals surface area contributed by atoms with Gasteiger partial charge in [-0.1, -0.05) is 96.8 Å². The van der Waals surface area contributed by atoms with Crippen LogP contribution in [0.2, 0.25) is 0 Å². The van der Waals surface area contributed by atoms with E-state index >= 15 is 0 Å². The summed E-state index contributed by atoms with van der Waals surface area (Å²) in [5.74, 6) is 0. The number of unbranched alkanes of at least 4 members (excludes halogenated alkanes) is 14. The molecule has 0 saturated heterocycles. The SMILES string of the molecule is CCCCCCCCCCCCCCCCCOCCOS(C)(=O)=O. The number of rotatable bonds is 20. The molecule has 0 atom stereocenters. The number of ether oxygens (including phenoxy) is 1. The topological polar surface area (TPSA) is 52.6 Å². The standard InChI is InChI=1S/C20H42O4S/c1-3-4-5-6-7-8-9-10-11-12-13-14-15-16-17-18-23-19-20-24-25(2,21)22/h3-20H2,1-2H3. The summed E-state index contributed by atoms with van der Waals surface area (Å²) in [6.07, 6.45) is 21.4. The molecule has 5 heteroatoms. The van der Waals surface area contributed by atoms with Gasteiger partial charge in [-0.15, -0.1) is 0 Å². The van der Waals surface area contributed by atoms with Crippen molar-refractivity contribution in [3.63, 3.8) is 0 Å². The van der Waals surface area contributed by atoms with Gasteiger partial charge in [-0.2, -0.15) is 8.42 Å². The molecule has 0 aromatic rings. The lowest BCUT2D eigenvalue weighted by Crippen LogP contribution is -2.10. The van der Waals surface area contributed by atoms with Crippen LogP contribution in [-0.2, 0) is 19.0 Å². The van der Waals surface area contributed by atoms with Gasteiger partial charge in [0.1, 0.15) is 0 Å². The third-order valence-corrected chi connectivity index (χ3v) is 5.01. The fourth-order valence-corrected chi connectivity index (χ4v) is 3.29. The number of hydrogen-bond donors (Lipinski definition) is 0. The minimum absolute atomic E-state index is 0.123. The quantitative estimate of drug-likeness (QED) is 0.197. The van der Waals surface area contributed by atoms with Gasteiger partial charge >= 0.3 is 0 Å². The monoisotopic (exact) mass is 378 g/mol. The molecule has 0 N–H and O–H groups in total. The lowest BCUT2D eigenvalue weighted by atomic mass is 10.0. The Morgan fingerprint density at radius 2 is 0.960 bits per heavy atom.